The van der Waals surface area contributed by atoms with E-state index in [1.165, 1.54) is 25.7 Å². The molecule has 1 N–H and O–H groups in total. The van der Waals surface area contributed by atoms with Crippen molar-refractivity contribution >= 4 is 17.4 Å². The molecule has 2 aliphatic rings. The van der Waals surface area contributed by atoms with E-state index in [4.69, 9.17) is 11.6 Å². The van der Waals surface area contributed by atoms with Crippen molar-refractivity contribution < 1.29 is 0 Å². The third kappa shape index (κ3) is 2.24. The molecule has 92 valence electrons. The van der Waals surface area contributed by atoms with Crippen LogP contribution in [-0.4, -0.2) is 35.1 Å². The topological polar surface area (TPSA) is 41.1 Å². The zero-order chi connectivity index (χ0) is 11.7. The summed E-state index contributed by atoms with van der Waals surface area (Å²) in [6.45, 7) is 2.22. The molecule has 0 amide bonds. The van der Waals surface area contributed by atoms with Crippen molar-refractivity contribution in [3.8, 4) is 0 Å². The van der Waals surface area contributed by atoms with E-state index in [1.54, 1.807) is 6.20 Å². The summed E-state index contributed by atoms with van der Waals surface area (Å²) in [6, 6.07) is 1.17. The van der Waals surface area contributed by atoms with Crippen molar-refractivity contribution in [3.05, 3.63) is 17.5 Å². The van der Waals surface area contributed by atoms with Gasteiger partial charge in [0.05, 0.1) is 12.4 Å². The van der Waals surface area contributed by atoms with Crippen LogP contribution in [0.4, 0.5) is 5.82 Å². The van der Waals surface area contributed by atoms with Crippen molar-refractivity contribution in [3.63, 3.8) is 0 Å². The van der Waals surface area contributed by atoms with E-state index >= 15 is 0 Å². The van der Waals surface area contributed by atoms with Gasteiger partial charge in [-0.15, -0.1) is 0 Å². The highest BCUT2D eigenvalue weighted by atomic mass is 35.5. The van der Waals surface area contributed by atoms with Crippen LogP contribution >= 0.6 is 11.6 Å². The number of anilines is 1. The number of hydrogen-bond acceptors (Lipinski definition) is 4. The molecule has 2 fully saturated rings. The molecule has 5 heteroatoms. The molecule has 2 atom stereocenters. The van der Waals surface area contributed by atoms with Gasteiger partial charge in [-0.05, 0) is 32.2 Å². The fourth-order valence-electron chi connectivity index (χ4n) is 3.01. The maximum absolute atomic E-state index is 5.91. The first kappa shape index (κ1) is 11.2. The van der Waals surface area contributed by atoms with Gasteiger partial charge in [0.1, 0.15) is 11.0 Å². The zero-order valence-corrected chi connectivity index (χ0v) is 10.5. The Morgan fingerprint density at radius 3 is 3.00 bits per heavy atom. The molecular weight excluding hydrogens is 236 g/mol. The lowest BCUT2D eigenvalue weighted by Crippen LogP contribution is -2.44. The monoisotopic (exact) mass is 252 g/mol. The van der Waals surface area contributed by atoms with Gasteiger partial charge >= 0.3 is 0 Å². The minimum Gasteiger partial charge on any atom is -0.351 e. The summed E-state index contributed by atoms with van der Waals surface area (Å²) < 4.78 is 0. The van der Waals surface area contributed by atoms with Gasteiger partial charge in [-0.25, -0.2) is 4.98 Å². The summed E-state index contributed by atoms with van der Waals surface area (Å²) in [6.07, 6.45) is 8.44. The van der Waals surface area contributed by atoms with Gasteiger partial charge < -0.3 is 10.2 Å². The summed E-state index contributed by atoms with van der Waals surface area (Å²) in [4.78, 5) is 10.9. The average Bonchev–Trinajstić information content (AvgIpc) is 3.00. The standard InChI is InChI=1S/C12H17ClN4/c13-11-7-14-8-12(16-11)17-6-2-4-10(17)9-3-1-5-15-9/h7-10,15H,1-6H2. The predicted molar refractivity (Wildman–Crippen MR) is 68.4 cm³/mol. The highest BCUT2D eigenvalue weighted by Crippen LogP contribution is 2.28. The molecule has 4 nitrogen and oxygen atoms in total. The SMILES string of the molecule is Clc1cncc(N2CCCC2C2CCCN2)n1. The van der Waals surface area contributed by atoms with Crippen molar-refractivity contribution in [2.24, 2.45) is 0 Å². The Balaban J connectivity index is 1.81. The quantitative estimate of drug-likeness (QED) is 0.872. The zero-order valence-electron chi connectivity index (χ0n) is 9.77. The van der Waals surface area contributed by atoms with Crippen LogP contribution in [0.2, 0.25) is 5.15 Å². The molecule has 0 spiro atoms. The van der Waals surface area contributed by atoms with Crippen LogP contribution in [0.25, 0.3) is 0 Å². The maximum Gasteiger partial charge on any atom is 0.149 e. The van der Waals surface area contributed by atoms with E-state index < -0.39 is 0 Å². The first-order valence-corrected chi connectivity index (χ1v) is 6.70. The summed E-state index contributed by atoms with van der Waals surface area (Å²) in [5, 5.41) is 4.07. The van der Waals surface area contributed by atoms with Crippen LogP contribution in [-0.2, 0) is 0 Å². The molecule has 0 radical (unpaired) electrons. The summed E-state index contributed by atoms with van der Waals surface area (Å²) >= 11 is 5.91. The molecule has 0 aliphatic carbocycles. The molecule has 0 bridgehead atoms. The van der Waals surface area contributed by atoms with Crippen LogP contribution in [0.1, 0.15) is 25.7 Å². The smallest absolute Gasteiger partial charge is 0.149 e. The summed E-state index contributed by atoms with van der Waals surface area (Å²) in [7, 11) is 0. The van der Waals surface area contributed by atoms with Crippen LogP contribution in [0.3, 0.4) is 0 Å². The third-order valence-corrected chi connectivity index (χ3v) is 3.93. The van der Waals surface area contributed by atoms with Crippen LogP contribution in [0, 0.1) is 0 Å². The second-order valence-electron chi connectivity index (χ2n) is 4.81. The van der Waals surface area contributed by atoms with Crippen molar-refractivity contribution in [1.29, 1.82) is 0 Å². The van der Waals surface area contributed by atoms with Crippen molar-refractivity contribution in [1.82, 2.24) is 15.3 Å². The summed E-state index contributed by atoms with van der Waals surface area (Å²) in [5.74, 6) is 0.925. The Labute approximate surface area is 106 Å². The molecule has 2 aliphatic heterocycles. The highest BCUT2D eigenvalue weighted by molar-refractivity contribution is 6.29. The summed E-state index contributed by atoms with van der Waals surface area (Å²) in [5.41, 5.74) is 0. The van der Waals surface area contributed by atoms with Gasteiger partial charge in [-0.3, -0.25) is 4.98 Å². The molecule has 2 unspecified atom stereocenters. The van der Waals surface area contributed by atoms with Gasteiger partial charge in [0.2, 0.25) is 0 Å². The fourth-order valence-corrected chi connectivity index (χ4v) is 3.15. The minimum atomic E-state index is 0.479. The van der Waals surface area contributed by atoms with Crippen molar-refractivity contribution in [2.45, 2.75) is 37.8 Å². The largest absolute Gasteiger partial charge is 0.351 e. The Kier molecular flexibility index (Phi) is 3.16. The number of hydrogen-bond donors (Lipinski definition) is 1. The number of nitrogens with one attached hydrogen (secondary N) is 1. The first-order valence-electron chi connectivity index (χ1n) is 6.32. The molecule has 3 heterocycles. The second kappa shape index (κ2) is 4.78. The Bertz CT molecular complexity index is 392. The van der Waals surface area contributed by atoms with Gasteiger partial charge in [-0.2, -0.15) is 0 Å². The van der Waals surface area contributed by atoms with E-state index in [1.807, 2.05) is 6.20 Å². The van der Waals surface area contributed by atoms with Crippen LogP contribution in [0.15, 0.2) is 12.4 Å². The van der Waals surface area contributed by atoms with E-state index in [2.05, 4.69) is 20.2 Å². The third-order valence-electron chi connectivity index (χ3n) is 3.75. The van der Waals surface area contributed by atoms with Crippen LogP contribution in [0.5, 0.6) is 0 Å². The van der Waals surface area contributed by atoms with Crippen molar-refractivity contribution in [2.75, 3.05) is 18.0 Å². The fraction of sp³-hybridized carbons (Fsp3) is 0.667. The molecule has 2 saturated heterocycles. The molecule has 0 saturated carbocycles. The van der Waals surface area contributed by atoms with Gasteiger partial charge in [-0.1, -0.05) is 11.6 Å². The van der Waals surface area contributed by atoms with Crippen LogP contribution < -0.4 is 10.2 Å². The van der Waals surface area contributed by atoms with E-state index in [9.17, 15) is 0 Å². The van der Waals surface area contributed by atoms with Gasteiger partial charge in [0, 0.05) is 18.6 Å². The minimum absolute atomic E-state index is 0.479. The van der Waals surface area contributed by atoms with E-state index in [-0.39, 0.29) is 0 Å². The molecular formula is C12H17ClN4. The van der Waals surface area contributed by atoms with Gasteiger partial charge in [0.15, 0.2) is 0 Å². The number of halogens is 1. The predicted octanol–water partition coefficient (Wildman–Crippen LogP) is 1.85. The normalized spacial score (nSPS) is 28.9. The first-order chi connectivity index (χ1) is 8.34. The molecule has 1 aromatic heterocycles. The van der Waals surface area contributed by atoms with Gasteiger partial charge in [0.25, 0.3) is 0 Å². The van der Waals surface area contributed by atoms with E-state index in [0.29, 0.717) is 17.2 Å². The second-order valence-corrected chi connectivity index (χ2v) is 5.19. The highest BCUT2D eigenvalue weighted by Gasteiger charge is 2.33. The lowest BCUT2D eigenvalue weighted by Gasteiger charge is -2.30. The number of aromatic nitrogens is 2. The lowest BCUT2D eigenvalue weighted by atomic mass is 10.0. The Hall–Kier alpha value is -0.870. The Morgan fingerprint density at radius 2 is 2.24 bits per heavy atom. The van der Waals surface area contributed by atoms with E-state index in [0.717, 1.165) is 18.9 Å². The molecule has 0 aromatic carbocycles. The molecule has 3 rings (SSSR count). The number of rotatable bonds is 2. The maximum atomic E-state index is 5.91. The molecule has 17 heavy (non-hydrogen) atoms. The molecule has 1 aromatic rings. The average molecular weight is 253 g/mol. The Morgan fingerprint density at radius 1 is 1.29 bits per heavy atom. The number of nitrogens with zero attached hydrogens (tertiary/aromatic N) is 3. The lowest BCUT2D eigenvalue weighted by molar-refractivity contribution is 0.480.